The van der Waals surface area contributed by atoms with Crippen molar-refractivity contribution in [2.75, 3.05) is 24.7 Å². The molecule has 13 heteroatoms. The Morgan fingerprint density at radius 2 is 1.66 bits per heavy atom. The topological polar surface area (TPSA) is 111 Å². The van der Waals surface area contributed by atoms with E-state index < -0.39 is 17.7 Å². The van der Waals surface area contributed by atoms with Crippen LogP contribution in [0.5, 0.6) is 17.2 Å². The summed E-state index contributed by atoms with van der Waals surface area (Å²) in [6, 6.07) is 16.2. The Hall–Kier alpha value is -3.77. The molecule has 1 N–H and O–H groups in total. The Kier molecular flexibility index (Phi) is 11.7. The van der Waals surface area contributed by atoms with E-state index in [0.29, 0.717) is 68.3 Å². The van der Waals surface area contributed by atoms with Crippen molar-refractivity contribution in [3.05, 3.63) is 93.0 Å². The number of halogens is 2. The van der Waals surface area contributed by atoms with Gasteiger partial charge in [0.25, 0.3) is 5.78 Å². The van der Waals surface area contributed by atoms with Crippen LogP contribution >= 0.6 is 46.3 Å². The van der Waals surface area contributed by atoms with E-state index in [9.17, 15) is 14.7 Å². The third-order valence-corrected chi connectivity index (χ3v) is 9.75. The van der Waals surface area contributed by atoms with E-state index >= 15 is 0 Å². The molecule has 1 saturated heterocycles. The monoisotopic (exact) mass is 713 g/mol. The van der Waals surface area contributed by atoms with Gasteiger partial charge in [0.15, 0.2) is 15.8 Å². The smallest absolute Gasteiger partial charge is 0.301 e. The summed E-state index contributed by atoms with van der Waals surface area (Å²) in [6.45, 7) is 7.27. The van der Waals surface area contributed by atoms with Crippen LogP contribution in [0.15, 0.2) is 70.6 Å². The van der Waals surface area contributed by atoms with E-state index in [1.165, 1.54) is 16.7 Å². The molecule has 47 heavy (non-hydrogen) atoms. The lowest BCUT2D eigenvalue weighted by atomic mass is 9.95. The number of ether oxygens (including phenoxy) is 3. The van der Waals surface area contributed by atoms with Gasteiger partial charge in [0.2, 0.25) is 5.13 Å². The number of thioether (sulfide) groups is 1. The fraction of sp³-hybridized carbons (Fsp3) is 0.294. The number of rotatable bonds is 14. The summed E-state index contributed by atoms with van der Waals surface area (Å²) < 4.78 is 18.0. The van der Waals surface area contributed by atoms with Crippen LogP contribution in [0.2, 0.25) is 10.0 Å². The highest BCUT2D eigenvalue weighted by Gasteiger charge is 2.48. The summed E-state index contributed by atoms with van der Waals surface area (Å²) in [4.78, 5) is 28.8. The number of carbonyl (C=O) groups is 2. The molecule has 0 bridgehead atoms. The molecule has 1 aromatic heterocycles. The van der Waals surface area contributed by atoms with Crippen molar-refractivity contribution >= 4 is 68.9 Å². The number of aliphatic hydroxyl groups excluding tert-OH is 1. The first kappa shape index (κ1) is 34.6. The number of benzene rings is 3. The minimum absolute atomic E-state index is 0.0840. The van der Waals surface area contributed by atoms with Gasteiger partial charge in [-0.25, -0.2) is 0 Å². The Balaban J connectivity index is 1.56. The summed E-state index contributed by atoms with van der Waals surface area (Å²) in [7, 11) is 0. The molecule has 1 fully saturated rings. The second-order valence-electron chi connectivity index (χ2n) is 10.4. The molecule has 3 aromatic carbocycles. The number of nitrogens with zero attached hydrogens (tertiary/aromatic N) is 3. The molecule has 1 aliphatic heterocycles. The maximum atomic E-state index is 13.7. The summed E-state index contributed by atoms with van der Waals surface area (Å²) in [5.41, 5.74) is 1.66. The third-order valence-electron chi connectivity index (χ3n) is 7.06. The van der Waals surface area contributed by atoms with Crippen molar-refractivity contribution in [2.45, 2.75) is 49.7 Å². The summed E-state index contributed by atoms with van der Waals surface area (Å²) in [5.74, 6) is 0.101. The molecular weight excluding hydrogens is 681 g/mol. The number of amides is 1. The molecule has 1 unspecified atom stereocenters. The van der Waals surface area contributed by atoms with E-state index in [0.717, 1.165) is 29.7 Å². The van der Waals surface area contributed by atoms with Crippen molar-refractivity contribution in [3.63, 3.8) is 0 Å². The minimum Gasteiger partial charge on any atom is -0.507 e. The molecule has 0 radical (unpaired) electrons. The van der Waals surface area contributed by atoms with E-state index in [4.69, 9.17) is 37.4 Å². The predicted octanol–water partition coefficient (Wildman–Crippen LogP) is 8.74. The van der Waals surface area contributed by atoms with Gasteiger partial charge in [-0.05, 0) is 79.4 Å². The predicted molar refractivity (Wildman–Crippen MR) is 186 cm³/mol. The van der Waals surface area contributed by atoms with E-state index in [2.05, 4.69) is 10.2 Å². The lowest BCUT2D eigenvalue weighted by molar-refractivity contribution is -0.132. The first-order valence-electron chi connectivity index (χ1n) is 15.1. The molecule has 0 saturated carbocycles. The normalized spacial score (nSPS) is 15.7. The fourth-order valence-electron chi connectivity index (χ4n) is 4.86. The molecule has 0 aliphatic carbocycles. The van der Waals surface area contributed by atoms with Crippen LogP contribution in [-0.2, 0) is 15.3 Å². The van der Waals surface area contributed by atoms with Crippen LogP contribution in [0.25, 0.3) is 5.76 Å². The van der Waals surface area contributed by atoms with Crippen LogP contribution < -0.4 is 19.1 Å². The number of hydrogen-bond acceptors (Lipinski definition) is 10. The van der Waals surface area contributed by atoms with Crippen LogP contribution in [0.4, 0.5) is 5.13 Å². The first-order valence-corrected chi connectivity index (χ1v) is 17.6. The van der Waals surface area contributed by atoms with Crippen molar-refractivity contribution in [3.8, 4) is 17.2 Å². The minimum atomic E-state index is -1.03. The van der Waals surface area contributed by atoms with Crippen molar-refractivity contribution in [1.29, 1.82) is 0 Å². The zero-order chi connectivity index (χ0) is 33.5. The van der Waals surface area contributed by atoms with Gasteiger partial charge >= 0.3 is 5.91 Å². The zero-order valence-electron chi connectivity index (χ0n) is 26.0. The standard InChI is InChI=1S/C34H33Cl2N3O6S2/c1-4-15-44-24-12-8-20(9-13-24)30(40)28-29(21-10-14-26(45-16-5-2)27(17-21)43-6-3)39(32(42)31(28)41)33-37-38-34(47-33)46-19-22-7-11-23(35)18-25(22)36/h7-14,17-18,29,40H,4-6,15-16,19H2,1-3H3. The maximum Gasteiger partial charge on any atom is 0.301 e. The van der Waals surface area contributed by atoms with Gasteiger partial charge in [-0.3, -0.25) is 14.5 Å². The van der Waals surface area contributed by atoms with Gasteiger partial charge in [-0.2, -0.15) is 0 Å². The lowest BCUT2D eigenvalue weighted by Gasteiger charge is -2.23. The summed E-state index contributed by atoms with van der Waals surface area (Å²) in [6.07, 6.45) is 1.65. The molecule has 4 aromatic rings. The third kappa shape index (κ3) is 7.86. The Labute approximate surface area is 291 Å². The number of carbonyl (C=O) groups excluding carboxylic acids is 2. The zero-order valence-corrected chi connectivity index (χ0v) is 29.1. The second-order valence-corrected chi connectivity index (χ2v) is 13.4. The number of hydrogen-bond donors (Lipinski definition) is 1. The highest BCUT2D eigenvalue weighted by Crippen LogP contribution is 2.46. The SMILES string of the molecule is CCCOc1ccc(C(O)=C2C(=O)C(=O)N(c3nnc(SCc4ccc(Cl)cc4Cl)s3)C2c2ccc(OCCC)c(OCC)c2)cc1. The second kappa shape index (κ2) is 15.9. The highest BCUT2D eigenvalue weighted by molar-refractivity contribution is 8.00. The fourth-order valence-corrected chi connectivity index (χ4v) is 7.29. The molecule has 9 nitrogen and oxygen atoms in total. The lowest BCUT2D eigenvalue weighted by Crippen LogP contribution is -2.29. The number of anilines is 1. The van der Waals surface area contributed by atoms with Crippen LogP contribution in [0.1, 0.15) is 56.3 Å². The Bertz CT molecular complexity index is 1780. The Morgan fingerprint density at radius 1 is 0.915 bits per heavy atom. The van der Waals surface area contributed by atoms with E-state index in [1.54, 1.807) is 54.6 Å². The molecule has 0 spiro atoms. The molecule has 1 amide bonds. The average molecular weight is 715 g/mol. The molecule has 246 valence electrons. The largest absolute Gasteiger partial charge is 0.507 e. The molecule has 5 rings (SSSR count). The van der Waals surface area contributed by atoms with Crippen molar-refractivity contribution < 1.29 is 28.9 Å². The maximum absolute atomic E-state index is 13.7. The summed E-state index contributed by atoms with van der Waals surface area (Å²) in [5, 5.41) is 21.5. The van der Waals surface area contributed by atoms with Gasteiger partial charge in [-0.1, -0.05) is 72.3 Å². The number of aliphatic hydroxyl groups is 1. The van der Waals surface area contributed by atoms with Gasteiger partial charge in [0, 0.05) is 21.4 Å². The molecular formula is C34H33Cl2N3O6S2. The van der Waals surface area contributed by atoms with Crippen molar-refractivity contribution in [2.24, 2.45) is 0 Å². The number of ketones is 1. The van der Waals surface area contributed by atoms with Gasteiger partial charge in [-0.15, -0.1) is 10.2 Å². The number of Topliss-reactive ketones (excluding diaryl/α,β-unsaturated/α-hetero) is 1. The highest BCUT2D eigenvalue weighted by atomic mass is 35.5. The molecule has 1 aliphatic rings. The molecule has 1 atom stereocenters. The van der Waals surface area contributed by atoms with Crippen LogP contribution in [0.3, 0.4) is 0 Å². The van der Waals surface area contributed by atoms with Crippen LogP contribution in [0, 0.1) is 0 Å². The summed E-state index contributed by atoms with van der Waals surface area (Å²) >= 11 is 14.9. The van der Waals surface area contributed by atoms with Gasteiger partial charge < -0.3 is 19.3 Å². The van der Waals surface area contributed by atoms with Crippen LogP contribution in [-0.4, -0.2) is 46.8 Å². The van der Waals surface area contributed by atoms with E-state index in [1.807, 2.05) is 26.8 Å². The van der Waals surface area contributed by atoms with Crippen molar-refractivity contribution in [1.82, 2.24) is 10.2 Å². The quantitative estimate of drug-likeness (QED) is 0.0451. The van der Waals surface area contributed by atoms with Gasteiger partial charge in [0.1, 0.15) is 11.5 Å². The first-order chi connectivity index (χ1) is 22.7. The van der Waals surface area contributed by atoms with E-state index in [-0.39, 0.29) is 16.5 Å². The Morgan fingerprint density at radius 3 is 2.36 bits per heavy atom. The van der Waals surface area contributed by atoms with Gasteiger partial charge in [0.05, 0.1) is 31.4 Å². The average Bonchev–Trinajstić information content (AvgIpc) is 3.64. The number of aromatic nitrogens is 2. The molecule has 2 heterocycles.